The van der Waals surface area contributed by atoms with Gasteiger partial charge in [0.15, 0.2) is 5.78 Å². The Morgan fingerprint density at radius 2 is 2.21 bits per heavy atom. The number of benzene rings is 1. The Kier molecular flexibility index (Phi) is 4.64. The summed E-state index contributed by atoms with van der Waals surface area (Å²) in [6, 6.07) is 11.1. The van der Waals surface area contributed by atoms with Crippen molar-refractivity contribution >= 4 is 23.2 Å². The molecule has 0 unspecified atom stereocenters. The first kappa shape index (κ1) is 16.6. The zero-order valence-corrected chi connectivity index (χ0v) is 14.1. The minimum absolute atomic E-state index is 0.0584. The van der Waals surface area contributed by atoms with Gasteiger partial charge in [0, 0.05) is 12.6 Å². The van der Waals surface area contributed by atoms with Crippen LogP contribution in [0, 0.1) is 0 Å². The van der Waals surface area contributed by atoms with Crippen molar-refractivity contribution in [3.8, 4) is 0 Å². The molecular formula is C18H18ClN3O2. The lowest BCUT2D eigenvalue weighted by atomic mass is 9.90. The van der Waals surface area contributed by atoms with E-state index in [1.807, 2.05) is 31.2 Å². The van der Waals surface area contributed by atoms with E-state index in [1.54, 1.807) is 12.1 Å². The van der Waals surface area contributed by atoms with Gasteiger partial charge < -0.3 is 10.5 Å². The number of ketones is 1. The number of pyridine rings is 1. The lowest BCUT2D eigenvalue weighted by molar-refractivity contribution is 0.0987. The molecule has 1 aromatic heterocycles. The molecule has 6 heteroatoms. The van der Waals surface area contributed by atoms with E-state index in [0.717, 1.165) is 11.1 Å². The Morgan fingerprint density at radius 1 is 1.38 bits per heavy atom. The van der Waals surface area contributed by atoms with E-state index in [-0.39, 0.29) is 12.2 Å². The molecule has 0 spiro atoms. The quantitative estimate of drug-likeness (QED) is 0.866. The summed E-state index contributed by atoms with van der Waals surface area (Å²) in [6.45, 7) is 2.79. The predicted octanol–water partition coefficient (Wildman–Crippen LogP) is 2.76. The zero-order chi connectivity index (χ0) is 17.2. The van der Waals surface area contributed by atoms with E-state index in [1.165, 1.54) is 6.20 Å². The number of carbonyl (C=O) groups excluding carboxylic acids is 1. The van der Waals surface area contributed by atoms with Gasteiger partial charge in [-0.05, 0) is 30.2 Å². The molecule has 5 nitrogen and oxygen atoms in total. The van der Waals surface area contributed by atoms with Crippen LogP contribution in [0.3, 0.4) is 0 Å². The molecule has 24 heavy (non-hydrogen) atoms. The van der Waals surface area contributed by atoms with Crippen molar-refractivity contribution in [2.75, 3.05) is 13.2 Å². The SMILES string of the molecule is C[C@@]1(c2cccc(CC(=O)c3ccc(Cl)cn3)c2)COCC(N)=N1. The van der Waals surface area contributed by atoms with E-state index >= 15 is 0 Å². The molecular weight excluding hydrogens is 326 g/mol. The van der Waals surface area contributed by atoms with Crippen LogP contribution < -0.4 is 5.73 Å². The molecule has 0 aliphatic carbocycles. The van der Waals surface area contributed by atoms with Crippen molar-refractivity contribution in [3.05, 3.63) is 64.4 Å². The van der Waals surface area contributed by atoms with E-state index in [2.05, 4.69) is 9.98 Å². The highest BCUT2D eigenvalue weighted by atomic mass is 35.5. The molecule has 2 N–H and O–H groups in total. The van der Waals surface area contributed by atoms with E-state index in [0.29, 0.717) is 29.8 Å². The second kappa shape index (κ2) is 6.71. The molecule has 0 fully saturated rings. The molecule has 0 bridgehead atoms. The normalized spacial score (nSPS) is 20.5. The van der Waals surface area contributed by atoms with Gasteiger partial charge in [0.25, 0.3) is 0 Å². The second-order valence-corrected chi connectivity index (χ2v) is 6.47. The first-order valence-corrected chi connectivity index (χ1v) is 8.00. The second-order valence-electron chi connectivity index (χ2n) is 6.03. The molecule has 0 saturated carbocycles. The number of aliphatic imine (C=N–C) groups is 1. The maximum Gasteiger partial charge on any atom is 0.185 e. The predicted molar refractivity (Wildman–Crippen MR) is 93.5 cm³/mol. The molecule has 2 heterocycles. The highest BCUT2D eigenvalue weighted by Crippen LogP contribution is 2.29. The van der Waals surface area contributed by atoms with E-state index in [9.17, 15) is 4.79 Å². The van der Waals surface area contributed by atoms with Crippen molar-refractivity contribution < 1.29 is 9.53 Å². The van der Waals surface area contributed by atoms with Crippen molar-refractivity contribution in [1.82, 2.24) is 4.98 Å². The number of carbonyl (C=O) groups is 1. The van der Waals surface area contributed by atoms with Crippen molar-refractivity contribution in [2.45, 2.75) is 18.9 Å². The molecule has 3 rings (SSSR count). The van der Waals surface area contributed by atoms with Crippen LogP contribution in [0.25, 0.3) is 0 Å². The van der Waals surface area contributed by atoms with Gasteiger partial charge >= 0.3 is 0 Å². The van der Waals surface area contributed by atoms with Crippen LogP contribution in [0.15, 0.2) is 47.6 Å². The number of ether oxygens (including phenoxy) is 1. The first-order valence-electron chi connectivity index (χ1n) is 7.62. The summed E-state index contributed by atoms with van der Waals surface area (Å²) in [5, 5.41) is 0.509. The number of hydrogen-bond acceptors (Lipinski definition) is 5. The third kappa shape index (κ3) is 3.63. The molecule has 1 atom stereocenters. The molecule has 0 amide bonds. The lowest BCUT2D eigenvalue weighted by Gasteiger charge is -2.30. The minimum Gasteiger partial charge on any atom is -0.386 e. The van der Waals surface area contributed by atoms with Crippen LogP contribution >= 0.6 is 11.6 Å². The van der Waals surface area contributed by atoms with Gasteiger partial charge in [0.2, 0.25) is 0 Å². The number of rotatable bonds is 4. The number of aromatic nitrogens is 1. The number of halogens is 1. The Bertz CT molecular complexity index is 789. The maximum atomic E-state index is 12.4. The Hall–Kier alpha value is -2.24. The zero-order valence-electron chi connectivity index (χ0n) is 13.3. The van der Waals surface area contributed by atoms with E-state index < -0.39 is 5.54 Å². The van der Waals surface area contributed by atoms with Crippen LogP contribution in [-0.4, -0.2) is 29.8 Å². The smallest absolute Gasteiger partial charge is 0.185 e. The third-order valence-corrected chi connectivity index (χ3v) is 4.17. The van der Waals surface area contributed by atoms with Gasteiger partial charge in [0.05, 0.1) is 11.6 Å². The van der Waals surface area contributed by atoms with Crippen LogP contribution in [0.4, 0.5) is 0 Å². The molecule has 124 valence electrons. The number of hydrogen-bond donors (Lipinski definition) is 1. The average Bonchev–Trinajstić information content (AvgIpc) is 2.55. The monoisotopic (exact) mass is 343 g/mol. The van der Waals surface area contributed by atoms with Crippen molar-refractivity contribution in [2.24, 2.45) is 10.7 Å². The minimum atomic E-state index is -0.528. The summed E-state index contributed by atoms with van der Waals surface area (Å²) < 4.78 is 5.51. The summed E-state index contributed by atoms with van der Waals surface area (Å²) in [5.74, 6) is 0.424. The van der Waals surface area contributed by atoms with E-state index in [4.69, 9.17) is 22.1 Å². The topological polar surface area (TPSA) is 77.6 Å². The Labute approximate surface area is 145 Å². The van der Waals surface area contributed by atoms with Crippen LogP contribution in [0.5, 0.6) is 0 Å². The van der Waals surface area contributed by atoms with Gasteiger partial charge in [-0.2, -0.15) is 0 Å². The molecule has 1 aliphatic heterocycles. The highest BCUT2D eigenvalue weighted by molar-refractivity contribution is 6.30. The fourth-order valence-electron chi connectivity index (χ4n) is 2.72. The fraction of sp³-hybridized carbons (Fsp3) is 0.278. The van der Waals surface area contributed by atoms with Crippen LogP contribution in [0.2, 0.25) is 5.02 Å². The summed E-state index contributed by atoms with van der Waals surface area (Å²) in [6.07, 6.45) is 1.74. The molecule has 1 aromatic carbocycles. The van der Waals surface area contributed by atoms with Gasteiger partial charge in [-0.15, -0.1) is 0 Å². The van der Waals surface area contributed by atoms with Gasteiger partial charge in [-0.3, -0.25) is 14.8 Å². The van der Waals surface area contributed by atoms with Crippen molar-refractivity contribution in [3.63, 3.8) is 0 Å². The summed E-state index contributed by atoms with van der Waals surface area (Å²) in [4.78, 5) is 21.0. The third-order valence-electron chi connectivity index (χ3n) is 3.95. The van der Waals surface area contributed by atoms with Crippen LogP contribution in [0.1, 0.15) is 28.5 Å². The largest absolute Gasteiger partial charge is 0.386 e. The Balaban J connectivity index is 1.82. The number of amidine groups is 1. The number of Topliss-reactive ketones (excluding diaryl/α,β-unsaturated/α-hetero) is 1. The average molecular weight is 344 g/mol. The van der Waals surface area contributed by atoms with Gasteiger partial charge in [-0.25, -0.2) is 0 Å². The van der Waals surface area contributed by atoms with Gasteiger partial charge in [0.1, 0.15) is 23.7 Å². The van der Waals surface area contributed by atoms with Crippen LogP contribution in [-0.2, 0) is 16.7 Å². The summed E-state index contributed by atoms with van der Waals surface area (Å²) in [7, 11) is 0. The van der Waals surface area contributed by atoms with Crippen molar-refractivity contribution in [1.29, 1.82) is 0 Å². The first-order chi connectivity index (χ1) is 11.5. The number of nitrogens with two attached hydrogens (primary N) is 1. The fourth-order valence-corrected chi connectivity index (χ4v) is 2.83. The lowest BCUT2D eigenvalue weighted by Crippen LogP contribution is -2.37. The van der Waals surface area contributed by atoms with Gasteiger partial charge in [-0.1, -0.05) is 35.9 Å². The summed E-state index contributed by atoms with van der Waals surface area (Å²) in [5.41, 5.74) is 7.55. The number of nitrogens with zero attached hydrogens (tertiary/aromatic N) is 2. The molecule has 0 saturated heterocycles. The standard InChI is InChI=1S/C18H18ClN3O2/c1-18(11-24-10-17(20)22-18)13-4-2-3-12(7-13)8-16(23)15-6-5-14(19)9-21-15/h2-7,9H,8,10-11H2,1H3,(H2,20,22)/t18-/m0/s1. The molecule has 2 aromatic rings. The molecule has 1 aliphatic rings. The maximum absolute atomic E-state index is 12.4. The highest BCUT2D eigenvalue weighted by Gasteiger charge is 2.30. The molecule has 0 radical (unpaired) electrons. The Morgan fingerprint density at radius 3 is 2.92 bits per heavy atom. The summed E-state index contributed by atoms with van der Waals surface area (Å²) >= 11 is 5.80.